The van der Waals surface area contributed by atoms with Gasteiger partial charge in [0.1, 0.15) is 36.6 Å². The molecule has 2 atom stereocenters. The van der Waals surface area contributed by atoms with Crippen LogP contribution in [0.2, 0.25) is 0 Å². The Morgan fingerprint density at radius 2 is 1.88 bits per heavy atom. The van der Waals surface area contributed by atoms with Crippen LogP contribution in [-0.4, -0.2) is 90.5 Å². The van der Waals surface area contributed by atoms with Crippen LogP contribution in [0, 0.1) is 11.6 Å². The van der Waals surface area contributed by atoms with Crippen molar-refractivity contribution in [3.05, 3.63) is 59.7 Å². The third kappa shape index (κ3) is 6.39. The summed E-state index contributed by atoms with van der Waals surface area (Å²) in [7, 11) is 0. The second-order valence-electron chi connectivity index (χ2n) is 10.2. The second kappa shape index (κ2) is 12.7. The number of nitrogens with one attached hydrogen (secondary N) is 2. The molecule has 1 fully saturated rings. The Labute approximate surface area is 246 Å². The molecule has 0 saturated carbocycles. The maximum atomic E-state index is 15.2. The quantitative estimate of drug-likeness (QED) is 0.329. The monoisotopic (exact) mass is 601 g/mol. The van der Waals surface area contributed by atoms with E-state index in [-0.39, 0.29) is 44.7 Å². The first-order valence-electron chi connectivity index (χ1n) is 13.7. The number of anilines is 2. The van der Waals surface area contributed by atoms with Crippen LogP contribution in [0.15, 0.2) is 52.7 Å². The fourth-order valence-electron chi connectivity index (χ4n) is 5.05. The molecule has 14 nitrogen and oxygen atoms in total. The van der Waals surface area contributed by atoms with Crippen LogP contribution in [0.25, 0.3) is 0 Å². The number of carbonyl (C=O) groups excluding carboxylic acids is 2. The number of hydrogen-bond donors (Lipinski definition) is 3. The molecule has 43 heavy (non-hydrogen) atoms. The second-order valence-corrected chi connectivity index (χ2v) is 10.2. The van der Waals surface area contributed by atoms with Crippen molar-refractivity contribution in [1.82, 2.24) is 25.9 Å². The minimum Gasteiger partial charge on any atom is -0.434 e. The third-order valence-electron chi connectivity index (χ3n) is 7.36. The summed E-state index contributed by atoms with van der Waals surface area (Å²) < 4.78 is 39.0. The number of hydrazine groups is 2. The first-order chi connectivity index (χ1) is 20.7. The molecule has 0 spiro atoms. The van der Waals surface area contributed by atoms with Gasteiger partial charge in [-0.15, -0.1) is 5.53 Å². The van der Waals surface area contributed by atoms with Crippen LogP contribution >= 0.6 is 0 Å². The lowest BCUT2D eigenvalue weighted by molar-refractivity contribution is -0.0602. The highest BCUT2D eigenvalue weighted by Gasteiger charge is 2.47. The van der Waals surface area contributed by atoms with Gasteiger partial charge in [-0.1, -0.05) is 13.0 Å². The maximum Gasteiger partial charge on any atom is 0.510 e. The lowest BCUT2D eigenvalue weighted by Gasteiger charge is -2.41. The zero-order valence-corrected chi connectivity index (χ0v) is 23.7. The van der Waals surface area contributed by atoms with Crippen molar-refractivity contribution in [2.45, 2.75) is 31.9 Å². The lowest BCUT2D eigenvalue weighted by atomic mass is 9.85. The van der Waals surface area contributed by atoms with E-state index in [1.807, 2.05) is 19.1 Å². The predicted molar refractivity (Wildman–Crippen MR) is 152 cm³/mol. The van der Waals surface area contributed by atoms with Gasteiger partial charge in [-0.25, -0.2) is 28.9 Å². The number of amides is 2. The van der Waals surface area contributed by atoms with Gasteiger partial charge in [0.2, 0.25) is 0 Å². The number of aliphatic hydroxyl groups is 1. The number of carbonyl (C=O) groups is 2. The highest BCUT2D eigenvalue weighted by atomic mass is 19.1. The molecular formula is C27H33F2N9O5. The highest BCUT2D eigenvalue weighted by molar-refractivity contribution is 5.94. The Bertz CT molecular complexity index is 1380. The van der Waals surface area contributed by atoms with Crippen LogP contribution in [0.4, 0.5) is 29.7 Å². The molecule has 230 valence electrons. The van der Waals surface area contributed by atoms with Crippen molar-refractivity contribution in [2.24, 2.45) is 10.2 Å². The van der Waals surface area contributed by atoms with Crippen LogP contribution in [-0.2, 0) is 15.1 Å². The number of benzene rings is 2. The summed E-state index contributed by atoms with van der Waals surface area (Å²) in [6, 6.07) is 8.79. The van der Waals surface area contributed by atoms with Crippen molar-refractivity contribution in [3.8, 4) is 0 Å². The summed E-state index contributed by atoms with van der Waals surface area (Å²) in [4.78, 5) is 29.9. The summed E-state index contributed by atoms with van der Waals surface area (Å²) >= 11 is 0. The van der Waals surface area contributed by atoms with Gasteiger partial charge in [0.05, 0.1) is 24.9 Å². The zero-order chi connectivity index (χ0) is 30.6. The molecule has 16 heteroatoms. The molecule has 0 radical (unpaired) electrons. The number of halogens is 2. The summed E-state index contributed by atoms with van der Waals surface area (Å²) in [6.45, 7) is 3.97. The molecule has 3 N–H and O–H groups in total. The maximum absolute atomic E-state index is 15.2. The zero-order valence-electron chi connectivity index (χ0n) is 23.7. The van der Waals surface area contributed by atoms with Gasteiger partial charge in [-0.3, -0.25) is 9.91 Å². The van der Waals surface area contributed by atoms with E-state index in [0.29, 0.717) is 24.7 Å². The number of rotatable bonds is 11. The van der Waals surface area contributed by atoms with E-state index < -0.39 is 29.4 Å². The number of hydrogen-bond acceptors (Lipinski definition) is 12. The first-order valence-corrected chi connectivity index (χ1v) is 13.7. The Morgan fingerprint density at radius 3 is 2.58 bits per heavy atom. The minimum absolute atomic E-state index is 0.0947. The molecule has 0 bridgehead atoms. The fourth-order valence-corrected chi connectivity index (χ4v) is 5.05. The van der Waals surface area contributed by atoms with E-state index in [1.54, 1.807) is 40.2 Å². The normalized spacial score (nSPS) is 18.3. The Balaban J connectivity index is 1.31. The Morgan fingerprint density at radius 1 is 1.12 bits per heavy atom. The van der Waals surface area contributed by atoms with Crippen LogP contribution in [0.3, 0.4) is 0 Å². The van der Waals surface area contributed by atoms with E-state index in [1.165, 1.54) is 22.3 Å². The molecule has 3 aliphatic heterocycles. The molecular weight excluding hydrogens is 568 g/mol. The molecule has 0 aromatic heterocycles. The molecule has 1 saturated heterocycles. The molecule has 2 aromatic rings. The van der Waals surface area contributed by atoms with Crippen molar-refractivity contribution in [1.29, 1.82) is 0 Å². The summed E-state index contributed by atoms with van der Waals surface area (Å²) in [6.07, 6.45) is 2.80. The SMILES string of the molecule is CCCOC(=O)OCN1C=NN(C[C@](O)(c2ccc(F)cc2F)[C@@H](C)N2CCN(c3ccc(N4C=NNN4)cc3)C2=O)C1. The van der Waals surface area contributed by atoms with Crippen molar-refractivity contribution >= 4 is 36.2 Å². The van der Waals surface area contributed by atoms with Gasteiger partial charge < -0.3 is 24.4 Å². The van der Waals surface area contributed by atoms with Gasteiger partial charge >= 0.3 is 12.2 Å². The smallest absolute Gasteiger partial charge is 0.434 e. The summed E-state index contributed by atoms with van der Waals surface area (Å²) in [5.74, 6) is -1.75. The summed E-state index contributed by atoms with van der Waals surface area (Å²) in [5.41, 5.74) is 4.68. The van der Waals surface area contributed by atoms with Crippen molar-refractivity contribution < 1.29 is 33.0 Å². The number of urea groups is 1. The average molecular weight is 602 g/mol. The molecule has 2 aromatic carbocycles. The first kappa shape index (κ1) is 29.8. The topological polar surface area (TPSA) is 138 Å². The Kier molecular flexibility index (Phi) is 8.77. The van der Waals surface area contributed by atoms with E-state index in [9.17, 15) is 19.1 Å². The molecule has 2 amide bonds. The minimum atomic E-state index is -2.00. The fraction of sp³-hybridized carbons (Fsp3) is 0.407. The molecule has 0 aliphatic carbocycles. The summed E-state index contributed by atoms with van der Waals surface area (Å²) in [5, 5.41) is 23.4. The van der Waals surface area contributed by atoms with Gasteiger partial charge in [0, 0.05) is 30.4 Å². The average Bonchev–Trinajstić information content (AvgIpc) is 3.76. The number of ether oxygens (including phenoxy) is 2. The highest BCUT2D eigenvalue weighted by Crippen LogP contribution is 2.35. The molecule has 5 rings (SSSR count). The van der Waals surface area contributed by atoms with Gasteiger partial charge in [0.25, 0.3) is 0 Å². The number of β-amino-alcohol motifs (C(OH)–C–C–N with tert-alkyl or cyclic N) is 1. The van der Waals surface area contributed by atoms with Gasteiger partial charge in [-0.2, -0.15) is 10.2 Å². The van der Waals surface area contributed by atoms with Crippen LogP contribution < -0.4 is 21.0 Å². The lowest BCUT2D eigenvalue weighted by Crippen LogP contribution is -2.55. The predicted octanol–water partition coefficient (Wildman–Crippen LogP) is 2.29. The largest absolute Gasteiger partial charge is 0.510 e. The number of nitrogens with zero attached hydrogens (tertiary/aromatic N) is 7. The molecule has 0 unspecified atom stereocenters. The van der Waals surface area contributed by atoms with Crippen molar-refractivity contribution in [3.63, 3.8) is 0 Å². The Hall–Kier alpha value is -4.70. The van der Waals surface area contributed by atoms with Gasteiger partial charge in [-0.05, 0) is 43.7 Å². The van der Waals surface area contributed by atoms with E-state index in [2.05, 4.69) is 21.3 Å². The van der Waals surface area contributed by atoms with E-state index in [0.717, 1.165) is 11.8 Å². The van der Waals surface area contributed by atoms with Crippen molar-refractivity contribution in [2.75, 3.05) is 49.5 Å². The van der Waals surface area contributed by atoms with E-state index in [4.69, 9.17) is 9.47 Å². The third-order valence-corrected chi connectivity index (χ3v) is 7.36. The standard InChI is InChI=1S/C27H33F2N9O5/c1-3-12-42-26(40)43-18-34-16-31-35(17-34)14-27(41,23-9-4-20(28)13-24(23)29)19(2)36-10-11-37(25(36)39)21-5-7-22(8-6-21)38-15-30-32-33-38/h4-9,13,15-16,19,32-33,41H,3,10-12,14,17-18H2,1-2H3/t19-,27-/m1/s1. The van der Waals surface area contributed by atoms with Gasteiger partial charge in [0.15, 0.2) is 6.73 Å². The number of hydrazone groups is 2. The molecule has 3 aliphatic rings. The van der Waals surface area contributed by atoms with E-state index >= 15 is 4.39 Å². The molecule has 3 heterocycles. The van der Waals surface area contributed by atoms with Crippen LogP contribution in [0.5, 0.6) is 0 Å². The van der Waals surface area contributed by atoms with Crippen LogP contribution in [0.1, 0.15) is 25.8 Å².